The lowest BCUT2D eigenvalue weighted by Crippen LogP contribution is -2.38. The molecule has 0 saturated carbocycles. The van der Waals surface area contributed by atoms with Crippen LogP contribution >= 0.6 is 0 Å². The van der Waals surface area contributed by atoms with Crippen LogP contribution in [0.25, 0.3) is 10.8 Å². The van der Waals surface area contributed by atoms with Gasteiger partial charge < -0.3 is 9.69 Å². The Morgan fingerprint density at radius 1 is 1.14 bits per heavy atom. The number of carbonyl (C=O) groups is 1. The lowest BCUT2D eigenvalue weighted by atomic mass is 9.67. The van der Waals surface area contributed by atoms with Crippen molar-refractivity contribution in [3.63, 3.8) is 0 Å². The lowest BCUT2D eigenvalue weighted by Gasteiger charge is -2.36. The number of benzene rings is 2. The Balaban J connectivity index is 2.62. The third kappa shape index (κ3) is 3.07. The van der Waals surface area contributed by atoms with Crippen LogP contribution in [0, 0.1) is 5.92 Å². The zero-order valence-electron chi connectivity index (χ0n) is 14.2. The zero-order chi connectivity index (χ0) is 16.2. The van der Waals surface area contributed by atoms with Gasteiger partial charge in [-0.2, -0.15) is 0 Å². The van der Waals surface area contributed by atoms with Crippen LogP contribution < -0.4 is 0 Å². The SMILES string of the molecule is CCC(C)C(C=O)(CCN(C)C)c1cccc2ccccc12. The summed E-state index contributed by atoms with van der Waals surface area (Å²) in [5.41, 5.74) is 0.761. The van der Waals surface area contributed by atoms with E-state index in [2.05, 4.69) is 75.3 Å². The summed E-state index contributed by atoms with van der Waals surface area (Å²) >= 11 is 0. The Morgan fingerprint density at radius 3 is 2.45 bits per heavy atom. The van der Waals surface area contributed by atoms with Gasteiger partial charge in [0.1, 0.15) is 6.29 Å². The third-order valence-electron chi connectivity index (χ3n) is 4.97. The van der Waals surface area contributed by atoms with Crippen LogP contribution in [0.15, 0.2) is 42.5 Å². The van der Waals surface area contributed by atoms with Crippen LogP contribution in [-0.2, 0) is 10.2 Å². The van der Waals surface area contributed by atoms with Crippen LogP contribution in [0.1, 0.15) is 32.3 Å². The first kappa shape index (κ1) is 16.7. The van der Waals surface area contributed by atoms with Gasteiger partial charge in [-0.1, -0.05) is 62.7 Å². The van der Waals surface area contributed by atoms with Crippen LogP contribution in [0.3, 0.4) is 0 Å². The van der Waals surface area contributed by atoms with Crippen molar-refractivity contribution in [1.29, 1.82) is 0 Å². The minimum absolute atomic E-state index is 0.316. The van der Waals surface area contributed by atoms with Crippen LogP contribution in [0.5, 0.6) is 0 Å². The molecule has 0 spiro atoms. The van der Waals surface area contributed by atoms with Gasteiger partial charge in [-0.3, -0.25) is 0 Å². The molecule has 2 rings (SSSR count). The number of fused-ring (bicyclic) bond motifs is 1. The first-order valence-electron chi connectivity index (χ1n) is 8.14. The molecule has 0 N–H and O–H groups in total. The first-order valence-corrected chi connectivity index (χ1v) is 8.14. The minimum atomic E-state index is -0.417. The largest absolute Gasteiger partial charge is 0.309 e. The molecule has 0 bridgehead atoms. The molecule has 0 fully saturated rings. The Kier molecular flexibility index (Phi) is 5.36. The molecule has 2 aromatic carbocycles. The molecule has 0 aliphatic heterocycles. The summed E-state index contributed by atoms with van der Waals surface area (Å²) in [5.74, 6) is 0.316. The molecule has 0 amide bonds. The van der Waals surface area contributed by atoms with Crippen LogP contribution in [0.4, 0.5) is 0 Å². The fraction of sp³-hybridized carbons (Fsp3) is 0.450. The van der Waals surface area contributed by atoms with Crippen molar-refractivity contribution in [2.24, 2.45) is 5.92 Å². The van der Waals surface area contributed by atoms with E-state index >= 15 is 0 Å². The van der Waals surface area contributed by atoms with E-state index in [1.807, 2.05) is 0 Å². The molecular weight excluding hydrogens is 270 g/mol. The molecule has 0 heterocycles. The standard InChI is InChI=1S/C20H27NO/c1-5-16(2)20(15-22,13-14-21(3)4)19-12-8-10-17-9-6-7-11-18(17)19/h6-12,15-16H,5,13-14H2,1-4H3. The van der Waals surface area contributed by atoms with Gasteiger partial charge in [0.25, 0.3) is 0 Å². The number of hydrogen-bond donors (Lipinski definition) is 0. The highest BCUT2D eigenvalue weighted by molar-refractivity contribution is 5.90. The number of carbonyl (C=O) groups excluding carboxylic acids is 1. The van der Waals surface area contributed by atoms with Crippen molar-refractivity contribution < 1.29 is 4.79 Å². The van der Waals surface area contributed by atoms with E-state index in [0.717, 1.165) is 19.4 Å². The van der Waals surface area contributed by atoms with Crippen LogP contribution in [0.2, 0.25) is 0 Å². The molecule has 2 atom stereocenters. The summed E-state index contributed by atoms with van der Waals surface area (Å²) < 4.78 is 0. The fourth-order valence-corrected chi connectivity index (χ4v) is 3.29. The maximum atomic E-state index is 12.3. The second-order valence-electron chi connectivity index (χ2n) is 6.55. The molecule has 0 aliphatic carbocycles. The second-order valence-corrected chi connectivity index (χ2v) is 6.55. The predicted octanol–water partition coefficient (Wildman–Crippen LogP) is 4.27. The average Bonchev–Trinajstić information content (AvgIpc) is 2.55. The second kappa shape index (κ2) is 7.06. The smallest absolute Gasteiger partial charge is 0.130 e. The quantitative estimate of drug-likeness (QED) is 0.711. The number of nitrogens with zero attached hydrogens (tertiary/aromatic N) is 1. The maximum Gasteiger partial charge on any atom is 0.130 e. The van der Waals surface area contributed by atoms with Gasteiger partial charge in [0.05, 0.1) is 5.41 Å². The van der Waals surface area contributed by atoms with Crippen molar-refractivity contribution in [2.45, 2.75) is 32.1 Å². The summed E-state index contributed by atoms with van der Waals surface area (Å²) in [5, 5.41) is 2.41. The molecule has 0 aliphatic rings. The summed E-state index contributed by atoms with van der Waals surface area (Å²) in [7, 11) is 4.13. The number of hydrogen-bond acceptors (Lipinski definition) is 2. The highest BCUT2D eigenvalue weighted by atomic mass is 16.1. The van der Waals surface area contributed by atoms with E-state index < -0.39 is 5.41 Å². The molecule has 0 aromatic heterocycles. The Bertz CT molecular complexity index is 629. The molecule has 22 heavy (non-hydrogen) atoms. The molecule has 2 heteroatoms. The van der Waals surface area contributed by atoms with Gasteiger partial charge in [0, 0.05) is 0 Å². The van der Waals surface area contributed by atoms with Crippen molar-refractivity contribution in [3.8, 4) is 0 Å². The molecule has 0 radical (unpaired) electrons. The highest BCUT2D eigenvalue weighted by Gasteiger charge is 2.37. The highest BCUT2D eigenvalue weighted by Crippen LogP contribution is 2.39. The Hall–Kier alpha value is -1.67. The summed E-state index contributed by atoms with van der Waals surface area (Å²) in [6.45, 7) is 5.28. The van der Waals surface area contributed by atoms with Gasteiger partial charge in [0.15, 0.2) is 0 Å². The number of aldehydes is 1. The zero-order valence-corrected chi connectivity index (χ0v) is 14.2. The normalized spacial score (nSPS) is 15.7. The van der Waals surface area contributed by atoms with Gasteiger partial charge in [-0.05, 0) is 49.3 Å². The minimum Gasteiger partial charge on any atom is -0.309 e. The molecule has 118 valence electrons. The summed E-state index contributed by atoms with van der Waals surface area (Å²) in [4.78, 5) is 14.4. The van der Waals surface area contributed by atoms with E-state index in [1.165, 1.54) is 22.6 Å². The first-order chi connectivity index (χ1) is 10.5. The van der Waals surface area contributed by atoms with Crippen molar-refractivity contribution in [1.82, 2.24) is 4.90 Å². The fourth-order valence-electron chi connectivity index (χ4n) is 3.29. The van der Waals surface area contributed by atoms with Gasteiger partial charge >= 0.3 is 0 Å². The molecule has 2 nitrogen and oxygen atoms in total. The van der Waals surface area contributed by atoms with Crippen molar-refractivity contribution in [3.05, 3.63) is 48.0 Å². The molecule has 0 saturated heterocycles. The predicted molar refractivity (Wildman–Crippen MR) is 94.3 cm³/mol. The van der Waals surface area contributed by atoms with Crippen LogP contribution in [-0.4, -0.2) is 31.8 Å². The Labute approximate surface area is 134 Å². The van der Waals surface area contributed by atoms with E-state index in [-0.39, 0.29) is 0 Å². The molecular formula is C20H27NO. The van der Waals surface area contributed by atoms with Crippen molar-refractivity contribution in [2.75, 3.05) is 20.6 Å². The summed E-state index contributed by atoms with van der Waals surface area (Å²) in [6, 6.07) is 14.7. The Morgan fingerprint density at radius 2 is 1.82 bits per heavy atom. The lowest BCUT2D eigenvalue weighted by molar-refractivity contribution is -0.114. The average molecular weight is 297 g/mol. The van der Waals surface area contributed by atoms with E-state index in [1.54, 1.807) is 0 Å². The molecule has 2 unspecified atom stereocenters. The van der Waals surface area contributed by atoms with Crippen molar-refractivity contribution >= 4 is 17.1 Å². The monoisotopic (exact) mass is 297 g/mol. The van der Waals surface area contributed by atoms with Gasteiger partial charge in [-0.25, -0.2) is 0 Å². The number of rotatable bonds is 7. The topological polar surface area (TPSA) is 20.3 Å². The maximum absolute atomic E-state index is 12.3. The van der Waals surface area contributed by atoms with Gasteiger partial charge in [0.2, 0.25) is 0 Å². The van der Waals surface area contributed by atoms with E-state index in [0.29, 0.717) is 5.92 Å². The third-order valence-corrected chi connectivity index (χ3v) is 4.97. The molecule has 2 aromatic rings. The van der Waals surface area contributed by atoms with E-state index in [9.17, 15) is 4.79 Å². The van der Waals surface area contributed by atoms with E-state index in [4.69, 9.17) is 0 Å². The van der Waals surface area contributed by atoms with Gasteiger partial charge in [-0.15, -0.1) is 0 Å². The summed E-state index contributed by atoms with van der Waals surface area (Å²) in [6.07, 6.45) is 3.05.